The topological polar surface area (TPSA) is 26.0 Å². The number of thioether (sulfide) groups is 1. The maximum absolute atomic E-state index is 5.75. The Bertz CT molecular complexity index is 212. The quantitative estimate of drug-likeness (QED) is 0.607. The first kappa shape index (κ1) is 9.39. The number of hydrogen-bond acceptors (Lipinski definition) is 3. The second kappa shape index (κ2) is 5.04. The highest BCUT2D eigenvalue weighted by molar-refractivity contribution is 8.01. The van der Waals surface area contributed by atoms with Gasteiger partial charge in [-0.25, -0.2) is 0 Å². The molecule has 0 unspecified atom stereocenters. The fourth-order valence-electron chi connectivity index (χ4n) is 0.631. The van der Waals surface area contributed by atoms with E-state index in [1.165, 1.54) is 4.21 Å². The monoisotopic (exact) mass is 207 g/mol. The van der Waals surface area contributed by atoms with Crippen molar-refractivity contribution >= 4 is 34.7 Å². The second-order valence-corrected chi connectivity index (χ2v) is 5.16. The van der Waals surface area contributed by atoms with E-state index in [-0.39, 0.29) is 0 Å². The lowest BCUT2D eigenvalue weighted by Gasteiger charge is -1.93. The van der Waals surface area contributed by atoms with Crippen molar-refractivity contribution in [1.82, 2.24) is 0 Å². The SMILES string of the molecule is NCCCSc1ccc(Cl)s1. The molecule has 0 spiro atoms. The van der Waals surface area contributed by atoms with Crippen molar-refractivity contribution in [2.24, 2.45) is 5.73 Å². The standard InChI is InChI=1S/C7H10ClNS2/c8-6-2-3-7(11-6)10-5-1-4-9/h2-3H,1,4-5,9H2. The van der Waals surface area contributed by atoms with Gasteiger partial charge in [-0.15, -0.1) is 23.1 Å². The first-order chi connectivity index (χ1) is 5.33. The van der Waals surface area contributed by atoms with Crippen LogP contribution >= 0.6 is 34.7 Å². The van der Waals surface area contributed by atoms with E-state index >= 15 is 0 Å². The maximum atomic E-state index is 5.75. The third kappa shape index (κ3) is 3.47. The van der Waals surface area contributed by atoms with Gasteiger partial charge in [0.25, 0.3) is 0 Å². The van der Waals surface area contributed by atoms with E-state index in [0.717, 1.165) is 23.1 Å². The zero-order valence-corrected chi connectivity index (χ0v) is 8.44. The normalized spacial score (nSPS) is 10.4. The van der Waals surface area contributed by atoms with Crippen LogP contribution in [0.2, 0.25) is 4.34 Å². The van der Waals surface area contributed by atoms with Gasteiger partial charge in [0.2, 0.25) is 0 Å². The molecule has 1 aromatic rings. The van der Waals surface area contributed by atoms with Crippen molar-refractivity contribution in [3.05, 3.63) is 16.5 Å². The van der Waals surface area contributed by atoms with E-state index in [9.17, 15) is 0 Å². The summed E-state index contributed by atoms with van der Waals surface area (Å²) < 4.78 is 2.14. The van der Waals surface area contributed by atoms with E-state index in [4.69, 9.17) is 17.3 Å². The van der Waals surface area contributed by atoms with E-state index in [1.807, 2.05) is 23.9 Å². The molecule has 0 saturated heterocycles. The Morgan fingerprint density at radius 3 is 2.91 bits per heavy atom. The lowest BCUT2D eigenvalue weighted by Crippen LogP contribution is -1.98. The lowest BCUT2D eigenvalue weighted by atomic mass is 10.5. The molecule has 0 aliphatic rings. The van der Waals surface area contributed by atoms with Gasteiger partial charge in [-0.05, 0) is 30.9 Å². The molecule has 11 heavy (non-hydrogen) atoms. The van der Waals surface area contributed by atoms with Gasteiger partial charge in [0.1, 0.15) is 0 Å². The van der Waals surface area contributed by atoms with Crippen LogP contribution < -0.4 is 5.73 Å². The van der Waals surface area contributed by atoms with Crippen molar-refractivity contribution < 1.29 is 0 Å². The molecular weight excluding hydrogens is 198 g/mol. The van der Waals surface area contributed by atoms with Crippen molar-refractivity contribution in [3.8, 4) is 0 Å². The van der Waals surface area contributed by atoms with E-state index < -0.39 is 0 Å². The van der Waals surface area contributed by atoms with Crippen LogP contribution in [0.1, 0.15) is 6.42 Å². The smallest absolute Gasteiger partial charge is 0.0940 e. The Labute approximate surface area is 79.9 Å². The molecule has 0 radical (unpaired) electrons. The highest BCUT2D eigenvalue weighted by Crippen LogP contribution is 2.30. The summed E-state index contributed by atoms with van der Waals surface area (Å²) in [6, 6.07) is 3.98. The predicted molar refractivity (Wildman–Crippen MR) is 53.7 cm³/mol. The molecule has 0 aliphatic heterocycles. The molecule has 4 heteroatoms. The van der Waals surface area contributed by atoms with Gasteiger partial charge < -0.3 is 5.73 Å². The van der Waals surface area contributed by atoms with Crippen molar-refractivity contribution in [2.45, 2.75) is 10.6 Å². The summed E-state index contributed by atoms with van der Waals surface area (Å²) in [6.07, 6.45) is 1.07. The summed E-state index contributed by atoms with van der Waals surface area (Å²) in [4.78, 5) is 0. The number of halogens is 1. The third-order valence-corrected chi connectivity index (χ3v) is 3.68. The van der Waals surface area contributed by atoms with Crippen molar-refractivity contribution in [3.63, 3.8) is 0 Å². The van der Waals surface area contributed by atoms with Crippen molar-refractivity contribution in [2.75, 3.05) is 12.3 Å². The van der Waals surface area contributed by atoms with Crippen LogP contribution in [0.25, 0.3) is 0 Å². The van der Waals surface area contributed by atoms with E-state index in [2.05, 4.69) is 0 Å². The van der Waals surface area contributed by atoms with Crippen LogP contribution in [-0.4, -0.2) is 12.3 Å². The summed E-state index contributed by atoms with van der Waals surface area (Å²) in [5.74, 6) is 1.09. The summed E-state index contributed by atoms with van der Waals surface area (Å²) in [7, 11) is 0. The molecule has 0 amide bonds. The minimum Gasteiger partial charge on any atom is -0.330 e. The zero-order chi connectivity index (χ0) is 8.10. The molecule has 0 atom stereocenters. The molecular formula is C7H10ClNS2. The molecule has 0 bridgehead atoms. The van der Waals surface area contributed by atoms with Gasteiger partial charge in [0, 0.05) is 0 Å². The van der Waals surface area contributed by atoms with Gasteiger partial charge >= 0.3 is 0 Å². The molecule has 1 aromatic heterocycles. The number of rotatable bonds is 4. The van der Waals surface area contributed by atoms with Crippen LogP contribution in [-0.2, 0) is 0 Å². The first-order valence-corrected chi connectivity index (χ1v) is 5.59. The predicted octanol–water partition coefficient (Wildman–Crippen LogP) is 2.84. The minimum absolute atomic E-state index is 0.770. The Balaban J connectivity index is 2.27. The minimum atomic E-state index is 0.770. The Kier molecular flexibility index (Phi) is 4.30. The second-order valence-electron chi connectivity index (χ2n) is 2.05. The van der Waals surface area contributed by atoms with E-state index in [0.29, 0.717) is 0 Å². The van der Waals surface area contributed by atoms with Gasteiger partial charge in [-0.3, -0.25) is 0 Å². The van der Waals surface area contributed by atoms with Crippen molar-refractivity contribution in [1.29, 1.82) is 0 Å². The Hall–Kier alpha value is 0.300. The molecule has 0 aliphatic carbocycles. The summed E-state index contributed by atoms with van der Waals surface area (Å²) in [5.41, 5.74) is 5.36. The van der Waals surface area contributed by atoms with Crippen LogP contribution in [0.4, 0.5) is 0 Å². The highest BCUT2D eigenvalue weighted by Gasteiger charge is 1.96. The molecule has 1 heterocycles. The van der Waals surface area contributed by atoms with Crippen LogP contribution in [0.5, 0.6) is 0 Å². The number of hydrogen-bond donors (Lipinski definition) is 1. The molecule has 0 aromatic carbocycles. The molecule has 1 nitrogen and oxygen atoms in total. The van der Waals surface area contributed by atoms with Gasteiger partial charge in [-0.1, -0.05) is 11.6 Å². The van der Waals surface area contributed by atoms with Gasteiger partial charge in [0.15, 0.2) is 0 Å². The average molecular weight is 208 g/mol. The van der Waals surface area contributed by atoms with Gasteiger partial charge in [0.05, 0.1) is 8.55 Å². The van der Waals surface area contributed by atoms with E-state index in [1.54, 1.807) is 11.3 Å². The average Bonchev–Trinajstić information content (AvgIpc) is 2.37. The Morgan fingerprint density at radius 2 is 2.36 bits per heavy atom. The molecule has 1 rings (SSSR count). The highest BCUT2D eigenvalue weighted by atomic mass is 35.5. The van der Waals surface area contributed by atoms with Gasteiger partial charge in [-0.2, -0.15) is 0 Å². The fourth-order valence-corrected chi connectivity index (χ4v) is 2.98. The molecule has 2 N–H and O–H groups in total. The van der Waals surface area contributed by atoms with Crippen LogP contribution in [0.15, 0.2) is 16.3 Å². The summed E-state index contributed by atoms with van der Waals surface area (Å²) >= 11 is 9.20. The molecule has 0 fully saturated rings. The number of nitrogens with two attached hydrogens (primary N) is 1. The molecule has 62 valence electrons. The fraction of sp³-hybridized carbons (Fsp3) is 0.429. The molecule has 0 saturated carbocycles. The summed E-state index contributed by atoms with van der Waals surface area (Å²) in [5, 5.41) is 0. The largest absolute Gasteiger partial charge is 0.330 e. The first-order valence-electron chi connectivity index (χ1n) is 3.41. The Morgan fingerprint density at radius 1 is 1.55 bits per heavy atom. The zero-order valence-electron chi connectivity index (χ0n) is 6.05. The maximum Gasteiger partial charge on any atom is 0.0940 e. The van der Waals surface area contributed by atoms with Crippen LogP contribution in [0, 0.1) is 0 Å². The lowest BCUT2D eigenvalue weighted by molar-refractivity contribution is 0.943. The third-order valence-electron chi connectivity index (χ3n) is 1.14. The number of thiophene rings is 1. The summed E-state index contributed by atoms with van der Waals surface area (Å²) in [6.45, 7) is 0.770. The van der Waals surface area contributed by atoms with Crippen LogP contribution in [0.3, 0.4) is 0 Å².